The first kappa shape index (κ1) is 13.1. The van der Waals surface area contributed by atoms with E-state index in [1.165, 1.54) is 0 Å². The van der Waals surface area contributed by atoms with Gasteiger partial charge >= 0.3 is 0 Å². The summed E-state index contributed by atoms with van der Waals surface area (Å²) in [6.07, 6.45) is 6.66. The molecule has 1 heterocycles. The maximum atomic E-state index is 12.1. The molecule has 5 nitrogen and oxygen atoms in total. The summed E-state index contributed by atoms with van der Waals surface area (Å²) in [5.74, 6) is 1.01. The smallest absolute Gasteiger partial charge is 0.293 e. The summed E-state index contributed by atoms with van der Waals surface area (Å²) in [6.45, 7) is 4.76. The molecule has 0 amide bonds. The van der Waals surface area contributed by atoms with Crippen LogP contribution in [0.25, 0.3) is 0 Å². The standard InChI is InChI=1S/C13H22N4O/c1-9(2)17-6-5-15-12(13(17)18)16-8-10-3-4-11(14)7-10/h5-6,9-11H,3-4,7-8,14H2,1-2H3,(H,15,16). The van der Waals surface area contributed by atoms with Gasteiger partial charge in [0, 0.05) is 31.0 Å². The third-order valence-electron chi connectivity index (χ3n) is 3.56. The number of hydrogen-bond acceptors (Lipinski definition) is 4. The zero-order valence-electron chi connectivity index (χ0n) is 11.1. The van der Waals surface area contributed by atoms with E-state index < -0.39 is 0 Å². The molecule has 1 aromatic rings. The van der Waals surface area contributed by atoms with Crippen LogP contribution in [0.1, 0.15) is 39.2 Å². The summed E-state index contributed by atoms with van der Waals surface area (Å²) in [7, 11) is 0. The molecule has 3 N–H and O–H groups in total. The second-order valence-corrected chi connectivity index (χ2v) is 5.40. The van der Waals surface area contributed by atoms with Crippen molar-refractivity contribution in [1.82, 2.24) is 9.55 Å². The normalized spacial score (nSPS) is 23.6. The zero-order chi connectivity index (χ0) is 13.1. The Kier molecular flexibility index (Phi) is 4.01. The van der Waals surface area contributed by atoms with Crippen molar-refractivity contribution in [3.63, 3.8) is 0 Å². The van der Waals surface area contributed by atoms with Crippen LogP contribution < -0.4 is 16.6 Å². The van der Waals surface area contributed by atoms with E-state index in [0.717, 1.165) is 25.8 Å². The highest BCUT2D eigenvalue weighted by Crippen LogP contribution is 2.23. The first-order valence-corrected chi connectivity index (χ1v) is 6.64. The van der Waals surface area contributed by atoms with Crippen molar-refractivity contribution in [2.75, 3.05) is 11.9 Å². The Bertz CT molecular complexity index is 455. The molecule has 5 heteroatoms. The fourth-order valence-electron chi connectivity index (χ4n) is 2.49. The van der Waals surface area contributed by atoms with Crippen molar-refractivity contribution in [1.29, 1.82) is 0 Å². The average Bonchev–Trinajstić information content (AvgIpc) is 2.73. The SMILES string of the molecule is CC(C)n1ccnc(NCC2CCC(N)C2)c1=O. The van der Waals surface area contributed by atoms with Gasteiger partial charge in [-0.15, -0.1) is 0 Å². The van der Waals surface area contributed by atoms with E-state index in [2.05, 4.69) is 10.3 Å². The first-order chi connectivity index (χ1) is 8.58. The molecular formula is C13H22N4O. The van der Waals surface area contributed by atoms with Crippen molar-refractivity contribution in [3.8, 4) is 0 Å². The van der Waals surface area contributed by atoms with Crippen molar-refractivity contribution < 1.29 is 0 Å². The second-order valence-electron chi connectivity index (χ2n) is 5.40. The predicted octanol–water partition coefficient (Wildman–Crippen LogP) is 1.36. The predicted molar refractivity (Wildman–Crippen MR) is 72.7 cm³/mol. The molecule has 1 fully saturated rings. The first-order valence-electron chi connectivity index (χ1n) is 6.64. The lowest BCUT2D eigenvalue weighted by Gasteiger charge is -2.14. The molecular weight excluding hydrogens is 228 g/mol. The molecule has 2 atom stereocenters. The molecule has 1 aliphatic rings. The van der Waals surface area contributed by atoms with E-state index in [-0.39, 0.29) is 11.6 Å². The monoisotopic (exact) mass is 250 g/mol. The Morgan fingerprint density at radius 3 is 2.94 bits per heavy atom. The Morgan fingerprint density at radius 1 is 1.56 bits per heavy atom. The topological polar surface area (TPSA) is 72.9 Å². The van der Waals surface area contributed by atoms with Gasteiger partial charge in [0.25, 0.3) is 5.56 Å². The van der Waals surface area contributed by atoms with Crippen LogP contribution in [0.4, 0.5) is 5.82 Å². The fraction of sp³-hybridized carbons (Fsp3) is 0.692. The lowest BCUT2D eigenvalue weighted by atomic mass is 10.1. The van der Waals surface area contributed by atoms with E-state index in [4.69, 9.17) is 5.73 Å². The number of nitrogens with one attached hydrogen (secondary N) is 1. The Balaban J connectivity index is 2.01. The van der Waals surface area contributed by atoms with Crippen LogP contribution in [-0.2, 0) is 0 Å². The number of nitrogens with zero attached hydrogens (tertiary/aromatic N) is 2. The lowest BCUT2D eigenvalue weighted by molar-refractivity contribution is 0.557. The van der Waals surface area contributed by atoms with Crippen LogP contribution in [0.5, 0.6) is 0 Å². The zero-order valence-corrected chi connectivity index (χ0v) is 11.1. The van der Waals surface area contributed by atoms with Gasteiger partial charge in [0.1, 0.15) is 0 Å². The molecule has 100 valence electrons. The van der Waals surface area contributed by atoms with Gasteiger partial charge in [-0.1, -0.05) is 0 Å². The molecule has 0 spiro atoms. The van der Waals surface area contributed by atoms with Crippen LogP contribution in [0.2, 0.25) is 0 Å². The van der Waals surface area contributed by atoms with Crippen molar-refractivity contribution in [2.24, 2.45) is 11.7 Å². The Labute approximate surface area is 107 Å². The summed E-state index contributed by atoms with van der Waals surface area (Å²) >= 11 is 0. The van der Waals surface area contributed by atoms with Gasteiger partial charge in [-0.05, 0) is 39.0 Å². The number of rotatable bonds is 4. The minimum absolute atomic E-state index is 0.0465. The van der Waals surface area contributed by atoms with Crippen molar-refractivity contribution in [3.05, 3.63) is 22.7 Å². The van der Waals surface area contributed by atoms with Gasteiger partial charge in [-0.3, -0.25) is 4.79 Å². The van der Waals surface area contributed by atoms with Crippen LogP contribution >= 0.6 is 0 Å². The largest absolute Gasteiger partial charge is 0.365 e. The van der Waals surface area contributed by atoms with Gasteiger partial charge in [-0.2, -0.15) is 0 Å². The summed E-state index contributed by atoms with van der Waals surface area (Å²) in [5.41, 5.74) is 5.83. The number of anilines is 1. The van der Waals surface area contributed by atoms with Gasteiger partial charge in [0.05, 0.1) is 0 Å². The van der Waals surface area contributed by atoms with Crippen molar-refractivity contribution in [2.45, 2.75) is 45.2 Å². The van der Waals surface area contributed by atoms with E-state index >= 15 is 0 Å². The summed E-state index contributed by atoms with van der Waals surface area (Å²) in [5, 5.41) is 3.17. The second kappa shape index (κ2) is 5.52. The van der Waals surface area contributed by atoms with Gasteiger partial charge in [-0.25, -0.2) is 4.98 Å². The van der Waals surface area contributed by atoms with Crippen molar-refractivity contribution >= 4 is 5.82 Å². The highest BCUT2D eigenvalue weighted by Gasteiger charge is 2.21. The third-order valence-corrected chi connectivity index (χ3v) is 3.56. The molecule has 1 aromatic heterocycles. The average molecular weight is 250 g/mol. The summed E-state index contributed by atoms with van der Waals surface area (Å²) in [4.78, 5) is 16.2. The van der Waals surface area contributed by atoms with Crippen LogP contribution in [-0.4, -0.2) is 22.1 Å². The van der Waals surface area contributed by atoms with Gasteiger partial charge in [0.2, 0.25) is 0 Å². The van der Waals surface area contributed by atoms with E-state index in [9.17, 15) is 4.79 Å². The lowest BCUT2D eigenvalue weighted by Crippen LogP contribution is -2.27. The molecule has 0 radical (unpaired) electrons. The van der Waals surface area contributed by atoms with Crippen LogP contribution in [0, 0.1) is 5.92 Å². The Hall–Kier alpha value is -1.36. The minimum Gasteiger partial charge on any atom is -0.365 e. The molecule has 0 bridgehead atoms. The minimum atomic E-state index is -0.0465. The maximum absolute atomic E-state index is 12.1. The van der Waals surface area contributed by atoms with E-state index in [1.54, 1.807) is 17.0 Å². The highest BCUT2D eigenvalue weighted by atomic mass is 16.1. The molecule has 0 saturated heterocycles. The quantitative estimate of drug-likeness (QED) is 0.846. The number of hydrogen-bond donors (Lipinski definition) is 2. The van der Waals surface area contributed by atoms with E-state index in [1.807, 2.05) is 13.8 Å². The van der Waals surface area contributed by atoms with Crippen LogP contribution in [0.15, 0.2) is 17.2 Å². The fourth-order valence-corrected chi connectivity index (χ4v) is 2.49. The molecule has 18 heavy (non-hydrogen) atoms. The number of nitrogens with two attached hydrogens (primary N) is 1. The maximum Gasteiger partial charge on any atom is 0.293 e. The molecule has 2 rings (SSSR count). The summed E-state index contributed by atoms with van der Waals surface area (Å²) < 4.78 is 1.69. The Morgan fingerprint density at radius 2 is 2.33 bits per heavy atom. The van der Waals surface area contributed by atoms with E-state index in [0.29, 0.717) is 17.8 Å². The molecule has 2 unspecified atom stereocenters. The molecule has 1 saturated carbocycles. The number of aromatic nitrogens is 2. The van der Waals surface area contributed by atoms with Crippen LogP contribution in [0.3, 0.4) is 0 Å². The molecule has 0 aromatic carbocycles. The van der Waals surface area contributed by atoms with Gasteiger partial charge in [0.15, 0.2) is 5.82 Å². The molecule has 1 aliphatic carbocycles. The van der Waals surface area contributed by atoms with Gasteiger partial charge < -0.3 is 15.6 Å². The molecule has 0 aliphatic heterocycles. The third kappa shape index (κ3) is 2.90. The summed E-state index contributed by atoms with van der Waals surface area (Å²) in [6, 6.07) is 0.480. The highest BCUT2D eigenvalue weighted by molar-refractivity contribution is 5.31.